The lowest BCUT2D eigenvalue weighted by atomic mass is 10.1. The van der Waals surface area contributed by atoms with Gasteiger partial charge in [0, 0.05) is 34.9 Å². The summed E-state index contributed by atoms with van der Waals surface area (Å²) >= 11 is 3.42. The van der Waals surface area contributed by atoms with Crippen LogP contribution in [0.5, 0.6) is 11.5 Å². The highest BCUT2D eigenvalue weighted by Crippen LogP contribution is 2.38. The highest BCUT2D eigenvalue weighted by atomic mass is 79.9. The number of hydrogen-bond donors (Lipinski definition) is 2. The average molecular weight is 372 g/mol. The van der Waals surface area contributed by atoms with Crippen molar-refractivity contribution in [2.24, 2.45) is 0 Å². The van der Waals surface area contributed by atoms with Gasteiger partial charge >= 0.3 is 0 Å². The first-order valence-corrected chi connectivity index (χ1v) is 7.75. The molecule has 4 aromatic rings. The first-order valence-electron chi connectivity index (χ1n) is 6.95. The smallest absolute Gasteiger partial charge is 0.177 e. The number of rotatable bonds is 3. The summed E-state index contributed by atoms with van der Waals surface area (Å²) in [6.45, 7) is 0. The number of hydrogen-bond acceptors (Lipinski definition) is 2. The second kappa shape index (κ2) is 5.55. The van der Waals surface area contributed by atoms with Crippen LogP contribution in [0.3, 0.4) is 0 Å². The normalized spacial score (nSPS) is 11.0. The monoisotopic (exact) mass is 371 g/mol. The molecule has 0 saturated heterocycles. The second-order valence-corrected chi connectivity index (χ2v) is 5.82. The van der Waals surface area contributed by atoms with Gasteiger partial charge in [0.25, 0.3) is 0 Å². The number of aromatic nitrogens is 3. The number of H-pyrrole nitrogens is 2. The molecule has 0 radical (unpaired) electrons. The summed E-state index contributed by atoms with van der Waals surface area (Å²) in [5.41, 5.74) is 2.41. The molecule has 23 heavy (non-hydrogen) atoms. The molecule has 2 aromatic heterocycles. The van der Waals surface area contributed by atoms with E-state index in [2.05, 4.69) is 31.1 Å². The van der Waals surface area contributed by atoms with E-state index in [0.29, 0.717) is 15.7 Å². The zero-order valence-electron chi connectivity index (χ0n) is 11.8. The Balaban J connectivity index is 1.75. The van der Waals surface area contributed by atoms with Crippen molar-refractivity contribution >= 4 is 26.8 Å². The number of ether oxygens (including phenoxy) is 1. The Morgan fingerprint density at radius 3 is 2.83 bits per heavy atom. The molecule has 0 saturated carbocycles. The topological polar surface area (TPSA) is 53.7 Å². The third-order valence-electron chi connectivity index (χ3n) is 3.55. The second-order valence-electron chi connectivity index (χ2n) is 5.03. The number of nitrogens with one attached hydrogen (secondary N) is 2. The van der Waals surface area contributed by atoms with Crippen LogP contribution in [0.25, 0.3) is 22.2 Å². The third kappa shape index (κ3) is 2.51. The number of fused-ring (bicyclic) bond motifs is 1. The standard InChI is InChI=1S/C17H11BrFN3O/c18-16-12-4-6-20-15(12)9-13(19)17(16)23-11-3-1-2-10(8-11)14-5-7-21-22-14/h1-9,20H,(H,21,22). The van der Waals surface area contributed by atoms with Crippen LogP contribution in [0.15, 0.2) is 59.3 Å². The molecule has 114 valence electrons. The van der Waals surface area contributed by atoms with E-state index in [1.165, 1.54) is 6.07 Å². The Hall–Kier alpha value is -2.60. The fourth-order valence-corrected chi connectivity index (χ4v) is 3.08. The molecule has 4 rings (SSSR count). The Morgan fingerprint density at radius 1 is 1.09 bits per heavy atom. The van der Waals surface area contributed by atoms with Gasteiger partial charge in [-0.05, 0) is 40.2 Å². The van der Waals surface area contributed by atoms with Crippen LogP contribution < -0.4 is 4.74 Å². The predicted octanol–water partition coefficient (Wildman–Crippen LogP) is 5.25. The fourth-order valence-electron chi connectivity index (χ4n) is 2.46. The van der Waals surface area contributed by atoms with E-state index in [-0.39, 0.29) is 5.75 Å². The summed E-state index contributed by atoms with van der Waals surface area (Å²) in [6, 6.07) is 12.5. The Kier molecular flexibility index (Phi) is 3.38. The van der Waals surface area contributed by atoms with Gasteiger partial charge in [0.05, 0.1) is 10.2 Å². The van der Waals surface area contributed by atoms with Gasteiger partial charge in [-0.1, -0.05) is 12.1 Å². The minimum atomic E-state index is -0.433. The van der Waals surface area contributed by atoms with Gasteiger partial charge in [-0.3, -0.25) is 5.10 Å². The highest BCUT2D eigenvalue weighted by Gasteiger charge is 2.15. The first kappa shape index (κ1) is 14.0. The van der Waals surface area contributed by atoms with Gasteiger partial charge in [-0.2, -0.15) is 5.10 Å². The fraction of sp³-hybridized carbons (Fsp3) is 0. The summed E-state index contributed by atoms with van der Waals surface area (Å²) < 4.78 is 20.7. The van der Waals surface area contributed by atoms with E-state index < -0.39 is 5.82 Å². The summed E-state index contributed by atoms with van der Waals surface area (Å²) in [5, 5.41) is 7.77. The van der Waals surface area contributed by atoms with E-state index in [0.717, 1.165) is 16.6 Å². The van der Waals surface area contributed by atoms with Crippen LogP contribution in [0, 0.1) is 5.82 Å². The molecule has 0 bridgehead atoms. The van der Waals surface area contributed by atoms with Crippen molar-refractivity contribution in [2.45, 2.75) is 0 Å². The maximum Gasteiger partial charge on any atom is 0.177 e. The van der Waals surface area contributed by atoms with Crippen LogP contribution in [0.1, 0.15) is 0 Å². The zero-order valence-corrected chi connectivity index (χ0v) is 13.4. The molecular weight excluding hydrogens is 361 g/mol. The van der Waals surface area contributed by atoms with Gasteiger partial charge in [-0.15, -0.1) is 0 Å². The third-order valence-corrected chi connectivity index (χ3v) is 4.34. The molecule has 0 amide bonds. The van der Waals surface area contributed by atoms with Crippen molar-refractivity contribution in [1.29, 1.82) is 0 Å². The van der Waals surface area contributed by atoms with Crippen molar-refractivity contribution in [3.05, 3.63) is 65.1 Å². The van der Waals surface area contributed by atoms with E-state index in [4.69, 9.17) is 4.74 Å². The van der Waals surface area contributed by atoms with Gasteiger partial charge in [0.15, 0.2) is 11.6 Å². The lowest BCUT2D eigenvalue weighted by Crippen LogP contribution is -1.91. The van der Waals surface area contributed by atoms with Crippen LogP contribution in [0.4, 0.5) is 4.39 Å². The molecule has 0 aliphatic heterocycles. The lowest BCUT2D eigenvalue weighted by Gasteiger charge is -2.10. The molecule has 0 aliphatic carbocycles. The van der Waals surface area contributed by atoms with E-state index in [9.17, 15) is 4.39 Å². The Morgan fingerprint density at radius 2 is 2.00 bits per heavy atom. The molecule has 0 atom stereocenters. The van der Waals surface area contributed by atoms with Gasteiger partial charge in [-0.25, -0.2) is 4.39 Å². The molecule has 2 N–H and O–H groups in total. The van der Waals surface area contributed by atoms with Crippen molar-refractivity contribution < 1.29 is 9.13 Å². The van der Waals surface area contributed by atoms with E-state index in [1.54, 1.807) is 18.5 Å². The molecule has 2 heterocycles. The molecule has 0 aliphatic rings. The van der Waals surface area contributed by atoms with Crippen LogP contribution in [-0.4, -0.2) is 15.2 Å². The molecule has 0 spiro atoms. The van der Waals surface area contributed by atoms with Crippen molar-refractivity contribution in [1.82, 2.24) is 15.2 Å². The van der Waals surface area contributed by atoms with Crippen molar-refractivity contribution in [3.8, 4) is 22.8 Å². The number of halogens is 2. The number of aromatic amines is 2. The highest BCUT2D eigenvalue weighted by molar-refractivity contribution is 9.10. The number of nitrogens with zero attached hydrogens (tertiary/aromatic N) is 1. The minimum absolute atomic E-state index is 0.163. The predicted molar refractivity (Wildman–Crippen MR) is 90.1 cm³/mol. The SMILES string of the molecule is Fc1cc2[nH]ccc2c(Br)c1Oc1cccc(-c2cc[nH]n2)c1. The molecule has 2 aromatic carbocycles. The molecule has 4 nitrogen and oxygen atoms in total. The van der Waals surface area contributed by atoms with E-state index >= 15 is 0 Å². The minimum Gasteiger partial charge on any atom is -0.453 e. The average Bonchev–Trinajstić information content (AvgIpc) is 3.23. The summed E-state index contributed by atoms with van der Waals surface area (Å²) in [7, 11) is 0. The van der Waals surface area contributed by atoms with Gasteiger partial charge in [0.1, 0.15) is 5.75 Å². The lowest BCUT2D eigenvalue weighted by molar-refractivity contribution is 0.441. The van der Waals surface area contributed by atoms with Crippen LogP contribution >= 0.6 is 15.9 Å². The van der Waals surface area contributed by atoms with E-state index in [1.807, 2.05) is 30.3 Å². The Labute approximate surface area is 139 Å². The Bertz CT molecular complexity index is 979. The van der Waals surface area contributed by atoms with Gasteiger partial charge < -0.3 is 9.72 Å². The van der Waals surface area contributed by atoms with Crippen molar-refractivity contribution in [3.63, 3.8) is 0 Å². The molecular formula is C17H11BrFN3O. The van der Waals surface area contributed by atoms with Gasteiger partial charge in [0.2, 0.25) is 0 Å². The summed E-state index contributed by atoms with van der Waals surface area (Å²) in [6.07, 6.45) is 3.51. The molecule has 0 unspecified atom stereocenters. The zero-order chi connectivity index (χ0) is 15.8. The van der Waals surface area contributed by atoms with Crippen LogP contribution in [-0.2, 0) is 0 Å². The van der Waals surface area contributed by atoms with Crippen LogP contribution in [0.2, 0.25) is 0 Å². The summed E-state index contributed by atoms with van der Waals surface area (Å²) in [5.74, 6) is 0.272. The molecule has 0 fully saturated rings. The maximum atomic E-state index is 14.3. The number of benzene rings is 2. The summed E-state index contributed by atoms with van der Waals surface area (Å²) in [4.78, 5) is 2.98. The first-order chi connectivity index (χ1) is 11.2. The quantitative estimate of drug-likeness (QED) is 0.516. The van der Waals surface area contributed by atoms with Crippen molar-refractivity contribution in [2.75, 3.05) is 0 Å². The largest absolute Gasteiger partial charge is 0.453 e. The maximum absolute atomic E-state index is 14.3. The molecule has 6 heteroatoms.